The van der Waals surface area contributed by atoms with E-state index in [-0.39, 0.29) is 22.6 Å². The van der Waals surface area contributed by atoms with Crippen LogP contribution in [0.15, 0.2) is 24.3 Å². The van der Waals surface area contributed by atoms with Crippen LogP contribution in [0, 0.1) is 10.8 Å². The van der Waals surface area contributed by atoms with Crippen LogP contribution in [0.4, 0.5) is 0 Å². The zero-order valence-corrected chi connectivity index (χ0v) is 18.4. The van der Waals surface area contributed by atoms with E-state index in [1.54, 1.807) is 20.3 Å². The van der Waals surface area contributed by atoms with Crippen molar-refractivity contribution in [2.24, 2.45) is 10.8 Å². The van der Waals surface area contributed by atoms with Gasteiger partial charge in [0.05, 0.1) is 19.1 Å². The molecule has 3 aliphatic rings. The number of likely N-dealkylation sites (tertiary alicyclic amines) is 3. The van der Waals surface area contributed by atoms with Gasteiger partial charge in [0.2, 0.25) is 5.91 Å². The molecule has 0 N–H and O–H groups in total. The van der Waals surface area contributed by atoms with Gasteiger partial charge in [-0.2, -0.15) is 0 Å². The maximum atomic E-state index is 13.3. The van der Waals surface area contributed by atoms with Crippen molar-refractivity contribution in [3.63, 3.8) is 0 Å². The summed E-state index contributed by atoms with van der Waals surface area (Å²) in [6, 6.07) is 7.34. The molecular formula is C23H33N3O4. The highest BCUT2D eigenvalue weighted by atomic mass is 16.5. The summed E-state index contributed by atoms with van der Waals surface area (Å²) in [6.07, 6.45) is 2.65. The number of carbonyl (C=O) groups is 2. The number of rotatable bonds is 5. The highest BCUT2D eigenvalue weighted by Gasteiger charge is 2.64. The van der Waals surface area contributed by atoms with Crippen LogP contribution in [0.3, 0.4) is 0 Å². The van der Waals surface area contributed by atoms with Gasteiger partial charge in [0.1, 0.15) is 5.75 Å². The predicted octanol–water partition coefficient (Wildman–Crippen LogP) is 1.73. The lowest BCUT2D eigenvalue weighted by Gasteiger charge is -2.47. The number of nitrogens with zero attached hydrogens (tertiary/aromatic N) is 3. The maximum absolute atomic E-state index is 13.3. The monoisotopic (exact) mass is 415 g/mol. The largest absolute Gasteiger partial charge is 0.497 e. The zero-order valence-electron chi connectivity index (χ0n) is 18.4. The molecule has 2 spiro atoms. The summed E-state index contributed by atoms with van der Waals surface area (Å²) in [5, 5.41) is 0. The normalized spacial score (nSPS) is 26.2. The van der Waals surface area contributed by atoms with Crippen molar-refractivity contribution in [2.75, 3.05) is 67.1 Å². The Labute approximate surface area is 178 Å². The molecule has 1 aromatic carbocycles. The average molecular weight is 416 g/mol. The minimum atomic E-state index is -0.319. The molecular weight excluding hydrogens is 382 g/mol. The quantitative estimate of drug-likeness (QED) is 0.733. The van der Waals surface area contributed by atoms with Gasteiger partial charge in [0.25, 0.3) is 5.91 Å². The molecule has 0 bridgehead atoms. The van der Waals surface area contributed by atoms with E-state index < -0.39 is 0 Å². The van der Waals surface area contributed by atoms with E-state index in [0.717, 1.165) is 45.4 Å². The minimum absolute atomic E-state index is 0.0434. The van der Waals surface area contributed by atoms with E-state index >= 15 is 0 Å². The van der Waals surface area contributed by atoms with Gasteiger partial charge in [-0.25, -0.2) is 0 Å². The molecule has 4 rings (SSSR count). The van der Waals surface area contributed by atoms with E-state index in [1.807, 2.05) is 35.0 Å². The molecule has 0 aliphatic carbocycles. The number of amides is 2. The Morgan fingerprint density at radius 1 is 1.10 bits per heavy atom. The molecule has 2 amide bonds. The fraction of sp³-hybridized carbons (Fsp3) is 0.652. The van der Waals surface area contributed by atoms with Gasteiger partial charge < -0.3 is 19.3 Å². The molecule has 30 heavy (non-hydrogen) atoms. The molecule has 0 saturated carbocycles. The van der Waals surface area contributed by atoms with Crippen molar-refractivity contribution in [3.05, 3.63) is 29.8 Å². The van der Waals surface area contributed by atoms with Gasteiger partial charge in [-0.15, -0.1) is 0 Å². The van der Waals surface area contributed by atoms with Crippen LogP contribution in [-0.4, -0.2) is 93.7 Å². The van der Waals surface area contributed by atoms with Gasteiger partial charge in [-0.1, -0.05) is 6.07 Å². The molecule has 0 radical (unpaired) electrons. The molecule has 7 heteroatoms. The Hall–Kier alpha value is -2.12. The smallest absolute Gasteiger partial charge is 0.253 e. The lowest BCUT2D eigenvalue weighted by molar-refractivity contribution is -0.141. The number of piperidine rings is 1. The first-order valence-corrected chi connectivity index (χ1v) is 10.8. The summed E-state index contributed by atoms with van der Waals surface area (Å²) >= 11 is 0. The van der Waals surface area contributed by atoms with E-state index in [9.17, 15) is 9.59 Å². The highest BCUT2D eigenvalue weighted by molar-refractivity contribution is 5.94. The molecule has 3 aliphatic heterocycles. The van der Waals surface area contributed by atoms with Crippen LogP contribution in [0.1, 0.15) is 29.6 Å². The first-order chi connectivity index (χ1) is 14.4. The van der Waals surface area contributed by atoms with E-state index in [1.165, 1.54) is 0 Å². The molecule has 1 aromatic rings. The molecule has 164 valence electrons. The van der Waals surface area contributed by atoms with Gasteiger partial charge in [-0.3, -0.25) is 14.5 Å². The van der Waals surface area contributed by atoms with Gasteiger partial charge in [0, 0.05) is 64.4 Å². The number of hydrogen-bond acceptors (Lipinski definition) is 5. The van der Waals surface area contributed by atoms with Crippen molar-refractivity contribution in [2.45, 2.75) is 19.3 Å². The molecule has 1 atom stereocenters. The number of ether oxygens (including phenoxy) is 2. The van der Waals surface area contributed by atoms with Crippen molar-refractivity contribution in [1.82, 2.24) is 14.7 Å². The van der Waals surface area contributed by atoms with Gasteiger partial charge >= 0.3 is 0 Å². The first kappa shape index (κ1) is 21.1. The van der Waals surface area contributed by atoms with E-state index in [0.29, 0.717) is 31.0 Å². The third kappa shape index (κ3) is 3.38. The van der Waals surface area contributed by atoms with E-state index in [4.69, 9.17) is 9.47 Å². The second-order valence-corrected chi connectivity index (χ2v) is 9.07. The summed E-state index contributed by atoms with van der Waals surface area (Å²) in [4.78, 5) is 32.6. The summed E-state index contributed by atoms with van der Waals surface area (Å²) in [6.45, 7) is 5.45. The number of fused-ring (bicyclic) bond motifs is 1. The van der Waals surface area contributed by atoms with Gasteiger partial charge in [0.15, 0.2) is 0 Å². The Kier molecular flexibility index (Phi) is 5.77. The molecule has 3 fully saturated rings. The molecule has 0 aromatic heterocycles. The molecule has 1 unspecified atom stereocenters. The Morgan fingerprint density at radius 2 is 1.87 bits per heavy atom. The number of carbonyl (C=O) groups excluding carboxylic acids is 2. The van der Waals surface area contributed by atoms with Crippen LogP contribution >= 0.6 is 0 Å². The summed E-state index contributed by atoms with van der Waals surface area (Å²) in [5.41, 5.74) is 0.277. The Morgan fingerprint density at radius 3 is 2.50 bits per heavy atom. The summed E-state index contributed by atoms with van der Waals surface area (Å²) in [5.74, 6) is 1.02. The summed E-state index contributed by atoms with van der Waals surface area (Å²) < 4.78 is 10.6. The number of benzene rings is 1. The zero-order chi connectivity index (χ0) is 21.4. The third-order valence-corrected chi connectivity index (χ3v) is 7.60. The Bertz CT molecular complexity index is 805. The lowest BCUT2D eigenvalue weighted by atomic mass is 9.60. The minimum Gasteiger partial charge on any atom is -0.497 e. The van der Waals surface area contributed by atoms with E-state index in [2.05, 4.69) is 4.90 Å². The van der Waals surface area contributed by atoms with Crippen LogP contribution in [0.25, 0.3) is 0 Å². The van der Waals surface area contributed by atoms with Crippen molar-refractivity contribution < 1.29 is 19.1 Å². The summed E-state index contributed by atoms with van der Waals surface area (Å²) in [7, 11) is 5.25. The number of methoxy groups -OCH3 is 2. The van der Waals surface area contributed by atoms with Crippen LogP contribution < -0.4 is 4.74 Å². The Balaban J connectivity index is 1.52. The fourth-order valence-electron chi connectivity index (χ4n) is 5.85. The van der Waals surface area contributed by atoms with Crippen LogP contribution in [0.5, 0.6) is 5.75 Å². The molecule has 7 nitrogen and oxygen atoms in total. The van der Waals surface area contributed by atoms with Crippen LogP contribution in [0.2, 0.25) is 0 Å². The number of hydrogen-bond donors (Lipinski definition) is 0. The third-order valence-electron chi connectivity index (χ3n) is 7.60. The van der Waals surface area contributed by atoms with Crippen molar-refractivity contribution in [1.29, 1.82) is 0 Å². The fourth-order valence-corrected chi connectivity index (χ4v) is 5.85. The van der Waals surface area contributed by atoms with Crippen LogP contribution in [-0.2, 0) is 9.53 Å². The first-order valence-electron chi connectivity index (χ1n) is 10.8. The molecule has 3 saturated heterocycles. The standard InChI is InChI=1S/C23H33N3O4/c1-24-10-9-23(21(24)28)17-25(13-14-29-2)16-22(23)7-11-26(12-8-22)20(27)18-5-4-6-19(15-18)30-3/h4-6,15H,7-14,16-17H2,1-3H3. The van der Waals surface area contributed by atoms with Crippen molar-refractivity contribution in [3.8, 4) is 5.75 Å². The maximum Gasteiger partial charge on any atom is 0.253 e. The second-order valence-electron chi connectivity index (χ2n) is 9.07. The lowest BCUT2D eigenvalue weighted by Crippen LogP contribution is -2.53. The SMILES string of the molecule is COCCN1CC2(CCN(C(=O)c3cccc(OC)c3)CC2)C2(CCN(C)C2=O)C1. The van der Waals surface area contributed by atoms with Crippen molar-refractivity contribution >= 4 is 11.8 Å². The average Bonchev–Trinajstić information content (AvgIpc) is 3.24. The van der Waals surface area contributed by atoms with Gasteiger partial charge in [-0.05, 0) is 37.5 Å². The molecule has 3 heterocycles. The highest BCUT2D eigenvalue weighted by Crippen LogP contribution is 2.57. The topological polar surface area (TPSA) is 62.3 Å². The second kappa shape index (κ2) is 8.19. The predicted molar refractivity (Wildman–Crippen MR) is 114 cm³/mol.